The van der Waals surface area contributed by atoms with E-state index in [1.807, 2.05) is 24.2 Å². The molecule has 1 atom stereocenters. The average Bonchev–Trinajstić information content (AvgIpc) is 3.33. The Labute approximate surface area is 383 Å². The smallest absolute Gasteiger partial charge is 0.255 e. The number of hydrogen-bond acceptors (Lipinski definition) is 15. The maximum absolute atomic E-state index is 15.3. The third-order valence-electron chi connectivity index (χ3n) is 12.9. The fourth-order valence-electron chi connectivity index (χ4n) is 9.04. The van der Waals surface area contributed by atoms with Crippen LogP contribution in [0.15, 0.2) is 83.9 Å². The van der Waals surface area contributed by atoms with Crippen molar-refractivity contribution in [2.45, 2.75) is 52.2 Å². The summed E-state index contributed by atoms with van der Waals surface area (Å²) in [4.78, 5) is 66.4. The largest absolute Gasteiger partial charge is 0.474 e. The van der Waals surface area contributed by atoms with Gasteiger partial charge in [0.2, 0.25) is 23.6 Å². The summed E-state index contributed by atoms with van der Waals surface area (Å²) < 4.78 is 21.0. The molecule has 3 saturated heterocycles. The monoisotopic (exact) mass is 897 g/mol. The quantitative estimate of drug-likeness (QED) is 0.0882. The van der Waals surface area contributed by atoms with Gasteiger partial charge in [-0.3, -0.25) is 24.6 Å². The molecule has 4 N–H and O–H groups in total. The van der Waals surface area contributed by atoms with Gasteiger partial charge in [-0.05, 0) is 68.1 Å². The maximum atomic E-state index is 15.3. The third kappa shape index (κ3) is 9.92. The van der Waals surface area contributed by atoms with E-state index in [0.717, 1.165) is 86.1 Å². The van der Waals surface area contributed by atoms with E-state index in [1.165, 1.54) is 11.6 Å². The summed E-state index contributed by atoms with van der Waals surface area (Å²) in [6.45, 7) is 16.9. The van der Waals surface area contributed by atoms with Gasteiger partial charge >= 0.3 is 0 Å². The highest BCUT2D eigenvalue weighted by Crippen LogP contribution is 2.36. The first-order valence-corrected chi connectivity index (χ1v) is 22.7. The molecule has 0 saturated carbocycles. The van der Waals surface area contributed by atoms with E-state index in [-0.39, 0.29) is 18.2 Å². The zero-order valence-corrected chi connectivity index (χ0v) is 37.5. The Morgan fingerprint density at radius 1 is 0.939 bits per heavy atom. The number of benzene rings is 2. The number of ether oxygens (including phenoxy) is 1. The van der Waals surface area contributed by atoms with Crippen LogP contribution < -0.4 is 35.8 Å². The van der Waals surface area contributed by atoms with Crippen molar-refractivity contribution in [2.75, 3.05) is 97.8 Å². The van der Waals surface area contributed by atoms with Crippen molar-refractivity contribution >= 4 is 58.3 Å². The van der Waals surface area contributed by atoms with Gasteiger partial charge < -0.3 is 40.3 Å². The molecule has 66 heavy (non-hydrogen) atoms. The Morgan fingerprint density at radius 3 is 2.47 bits per heavy atom. The van der Waals surface area contributed by atoms with Crippen molar-refractivity contribution < 1.29 is 23.5 Å². The van der Waals surface area contributed by atoms with Gasteiger partial charge in [-0.25, -0.2) is 24.3 Å². The second-order valence-electron chi connectivity index (χ2n) is 17.2. The van der Waals surface area contributed by atoms with Crippen LogP contribution in [0, 0.1) is 12.7 Å². The van der Waals surface area contributed by atoms with Crippen LogP contribution in [-0.4, -0.2) is 132 Å². The molecule has 3 fully saturated rings. The van der Waals surface area contributed by atoms with Gasteiger partial charge in [0.05, 0.1) is 35.4 Å². The van der Waals surface area contributed by atoms with Gasteiger partial charge in [-0.15, -0.1) is 0 Å². The topological polar surface area (TPSA) is 176 Å². The number of aromatic nitrogens is 3. The summed E-state index contributed by atoms with van der Waals surface area (Å²) in [5.74, 6) is 0.582. The lowest BCUT2D eigenvalue weighted by atomic mass is 10.0. The van der Waals surface area contributed by atoms with Crippen molar-refractivity contribution in [2.24, 2.45) is 4.99 Å². The molecule has 2 aromatic carbocycles. The number of hydrogen-bond donors (Lipinski definition) is 4. The molecule has 5 aliphatic heterocycles. The summed E-state index contributed by atoms with van der Waals surface area (Å²) in [6, 6.07) is 12.6. The fourth-order valence-corrected chi connectivity index (χ4v) is 9.04. The van der Waals surface area contributed by atoms with Crippen LogP contribution in [0.1, 0.15) is 42.1 Å². The van der Waals surface area contributed by atoms with Crippen LogP contribution in [-0.2, 0) is 33.9 Å². The van der Waals surface area contributed by atoms with Crippen LogP contribution >= 0.6 is 0 Å². The van der Waals surface area contributed by atoms with Crippen molar-refractivity contribution in [3.63, 3.8) is 0 Å². The summed E-state index contributed by atoms with van der Waals surface area (Å²) in [6.07, 6.45) is 8.65. The number of allylic oxidation sites excluding steroid dienone is 1. The Hall–Kier alpha value is -7.08. The molecule has 7 heterocycles. The summed E-state index contributed by atoms with van der Waals surface area (Å²) in [7, 11) is 0. The minimum Gasteiger partial charge on any atom is -0.474 e. The molecule has 17 nitrogen and oxygen atoms in total. The Kier molecular flexibility index (Phi) is 13.1. The standard InChI is InChI=1S/C48H56FN13O4/c1-4-34(47(65)61-22-20-60(21-23-61)41-11-9-37(25-38(41)49)54-39-10-12-43(63)57-45(39)64)26-51-32(3)59-18-16-58(17-19-59)29-33-5-7-36(8-6-33)55-48-53-27-35-13-15-62(30-40(35)56-48)42-28-52-46-44(31(42)2)50-14-24-66-46/h4-9,11,25-28,39,50,54H,3,10,12-24,29-30H2,1-2H3,(H,53,55,56)(H,57,63,64)/b34-4+,51-26-. The van der Waals surface area contributed by atoms with Gasteiger partial charge in [-0.1, -0.05) is 24.8 Å². The molecule has 4 aromatic rings. The summed E-state index contributed by atoms with van der Waals surface area (Å²) in [5.41, 5.74) is 8.87. The molecular formula is C48H56FN13O4. The lowest BCUT2D eigenvalue weighted by molar-refractivity contribution is -0.133. The number of aliphatic imine (C=N–C) groups is 1. The van der Waals surface area contributed by atoms with E-state index in [9.17, 15) is 14.4 Å². The zero-order valence-electron chi connectivity index (χ0n) is 37.5. The number of imide groups is 1. The van der Waals surface area contributed by atoms with E-state index >= 15 is 4.39 Å². The summed E-state index contributed by atoms with van der Waals surface area (Å²) in [5, 5.41) is 12.2. The molecule has 0 aliphatic carbocycles. The number of carbonyl (C=O) groups excluding carboxylic acids is 3. The second kappa shape index (κ2) is 19.6. The van der Waals surface area contributed by atoms with Gasteiger partial charge in [0, 0.05) is 108 Å². The number of piperidine rings is 1. The molecule has 0 spiro atoms. The van der Waals surface area contributed by atoms with E-state index in [4.69, 9.17) is 9.72 Å². The molecule has 1 unspecified atom stereocenters. The minimum absolute atomic E-state index is 0.130. The molecule has 0 bridgehead atoms. The number of amides is 3. The second-order valence-corrected chi connectivity index (χ2v) is 17.2. The third-order valence-corrected chi connectivity index (χ3v) is 12.9. The molecule has 2 aromatic heterocycles. The highest BCUT2D eigenvalue weighted by molar-refractivity contribution is 6.12. The van der Waals surface area contributed by atoms with Crippen LogP contribution in [0.4, 0.5) is 38.8 Å². The molecule has 344 valence electrons. The van der Waals surface area contributed by atoms with Gasteiger partial charge in [0.1, 0.15) is 30.0 Å². The zero-order chi connectivity index (χ0) is 45.7. The highest BCUT2D eigenvalue weighted by atomic mass is 19.1. The highest BCUT2D eigenvalue weighted by Gasteiger charge is 2.29. The molecule has 0 radical (unpaired) electrons. The maximum Gasteiger partial charge on any atom is 0.255 e. The van der Waals surface area contributed by atoms with Crippen molar-refractivity contribution in [1.29, 1.82) is 0 Å². The Bertz CT molecular complexity index is 2550. The lowest BCUT2D eigenvalue weighted by Crippen LogP contribution is -2.49. The van der Waals surface area contributed by atoms with E-state index in [2.05, 4.69) is 88.7 Å². The Morgan fingerprint density at radius 2 is 1.71 bits per heavy atom. The number of piperazine rings is 2. The SMILES string of the molecule is C=C(/N=C\C(=C/C)C(=O)N1CCN(c2ccc(NC3CCC(=O)NC3=O)cc2F)CC1)N1CCN(Cc2ccc(Nc3ncc4c(n3)CN(c3cnc5c(c3C)NCCO5)CC4)cc2)CC1. The normalized spacial score (nSPS) is 19.1. The first-order valence-electron chi connectivity index (χ1n) is 22.7. The number of rotatable bonds is 12. The van der Waals surface area contributed by atoms with Gasteiger partial charge in [-0.2, -0.15) is 0 Å². The first-order chi connectivity index (χ1) is 32.1. The summed E-state index contributed by atoms with van der Waals surface area (Å²) >= 11 is 0. The van der Waals surface area contributed by atoms with Gasteiger partial charge in [0.25, 0.3) is 5.91 Å². The number of halogens is 1. The van der Waals surface area contributed by atoms with Crippen LogP contribution in [0.5, 0.6) is 5.88 Å². The first kappa shape index (κ1) is 44.1. The van der Waals surface area contributed by atoms with Crippen molar-refractivity contribution in [3.8, 4) is 5.88 Å². The Balaban J connectivity index is 0.708. The van der Waals surface area contributed by atoms with Crippen molar-refractivity contribution in [3.05, 3.63) is 107 Å². The number of fused-ring (bicyclic) bond motifs is 2. The number of nitrogens with one attached hydrogen (secondary N) is 4. The van der Waals surface area contributed by atoms with Crippen molar-refractivity contribution in [1.82, 2.24) is 35.0 Å². The number of pyridine rings is 1. The number of carbonyl (C=O) groups is 3. The van der Waals surface area contributed by atoms with Crippen LogP contribution in [0.3, 0.4) is 0 Å². The van der Waals surface area contributed by atoms with E-state index in [0.29, 0.717) is 80.3 Å². The average molecular weight is 898 g/mol. The van der Waals surface area contributed by atoms with Crippen LogP contribution in [0.2, 0.25) is 0 Å². The van der Waals surface area contributed by atoms with E-state index < -0.39 is 17.8 Å². The molecular weight excluding hydrogens is 842 g/mol. The van der Waals surface area contributed by atoms with Crippen LogP contribution in [0.25, 0.3) is 0 Å². The molecule has 5 aliphatic rings. The predicted octanol–water partition coefficient (Wildman–Crippen LogP) is 4.60. The number of anilines is 6. The molecule has 9 rings (SSSR count). The molecule has 18 heteroatoms. The predicted molar refractivity (Wildman–Crippen MR) is 253 cm³/mol. The lowest BCUT2D eigenvalue weighted by Gasteiger charge is -2.36. The minimum atomic E-state index is -0.596. The number of nitrogens with zero attached hydrogens (tertiary/aromatic N) is 9. The van der Waals surface area contributed by atoms with Gasteiger partial charge in [0.15, 0.2) is 0 Å². The molecule has 3 amide bonds. The fraction of sp³-hybridized carbons (Fsp3) is 0.396. The van der Waals surface area contributed by atoms with E-state index in [1.54, 1.807) is 29.3 Å².